The maximum absolute atomic E-state index is 14.7. The topological polar surface area (TPSA) is 89.9 Å². The van der Waals surface area contributed by atoms with Crippen molar-refractivity contribution >= 4 is 17.3 Å². The first-order valence-electron chi connectivity index (χ1n) is 18.2. The Morgan fingerprint density at radius 2 is 1.32 bits per heavy atom. The first kappa shape index (κ1) is 34.1. The van der Waals surface area contributed by atoms with Gasteiger partial charge in [0.15, 0.2) is 0 Å². The first-order chi connectivity index (χ1) is 23.9. The molecule has 1 aromatic heterocycles. The van der Waals surface area contributed by atoms with E-state index < -0.39 is 16.6 Å². The summed E-state index contributed by atoms with van der Waals surface area (Å²) in [5, 5.41) is 23.6. The van der Waals surface area contributed by atoms with Crippen LogP contribution in [0.25, 0.3) is 0 Å². The number of fused-ring (bicyclic) bond motifs is 6. The van der Waals surface area contributed by atoms with Gasteiger partial charge in [0.05, 0.1) is 18.8 Å². The maximum atomic E-state index is 14.7. The van der Waals surface area contributed by atoms with Crippen LogP contribution in [0, 0.1) is 0 Å². The second-order valence-electron chi connectivity index (χ2n) is 15.1. The summed E-state index contributed by atoms with van der Waals surface area (Å²) < 4.78 is 8.76. The number of piperidine rings is 1. The van der Waals surface area contributed by atoms with Gasteiger partial charge in [-0.25, -0.2) is 4.68 Å². The van der Waals surface area contributed by atoms with E-state index >= 15 is 0 Å². The standard InChI is InChI=1S/C40H50N7O3/c1-9-43(10-2)28-17-19-33-35(21-28)50-36-22-29(44(11-3)12-4)18-20-34(36)40(33)32-16-14-13-15-31(32)37(48)45(40)25-27-26-46(42-41-27)30-23-38(5,6)47(49)39(7,8)24-30/h13-22,26,30H,9-12,23-25H2,1-8H3. The smallest absolute Gasteiger partial charge is 0.255 e. The van der Waals surface area contributed by atoms with Gasteiger partial charge in [0.25, 0.3) is 5.91 Å². The van der Waals surface area contributed by atoms with E-state index in [9.17, 15) is 10.0 Å². The molecule has 10 nitrogen and oxygen atoms in total. The molecule has 0 atom stereocenters. The highest BCUT2D eigenvalue weighted by Crippen LogP contribution is 2.58. The third-order valence-electron chi connectivity index (χ3n) is 11.2. The van der Waals surface area contributed by atoms with E-state index in [1.807, 2.05) is 61.7 Å². The Hall–Kier alpha value is -4.41. The van der Waals surface area contributed by atoms with Crippen LogP contribution in [-0.4, -0.2) is 68.1 Å². The molecular weight excluding hydrogens is 626 g/mol. The molecule has 50 heavy (non-hydrogen) atoms. The number of rotatable bonds is 9. The van der Waals surface area contributed by atoms with Crippen molar-refractivity contribution in [2.75, 3.05) is 36.0 Å². The number of hydrogen-bond donors (Lipinski definition) is 0. The molecule has 3 aliphatic heterocycles. The highest BCUT2D eigenvalue weighted by atomic mass is 16.5. The number of hydrogen-bond acceptors (Lipinski definition) is 7. The highest BCUT2D eigenvalue weighted by molar-refractivity contribution is 6.02. The zero-order valence-electron chi connectivity index (χ0n) is 30.7. The Balaban J connectivity index is 1.38. The fourth-order valence-corrected chi connectivity index (χ4v) is 8.95. The van der Waals surface area contributed by atoms with Crippen LogP contribution in [0.3, 0.4) is 0 Å². The zero-order valence-corrected chi connectivity index (χ0v) is 30.7. The summed E-state index contributed by atoms with van der Waals surface area (Å²) in [5.74, 6) is 1.42. The van der Waals surface area contributed by atoms with Gasteiger partial charge in [-0.05, 0) is 92.0 Å². The Bertz CT molecular complexity index is 1830. The molecule has 3 aromatic carbocycles. The predicted octanol–water partition coefficient (Wildman–Crippen LogP) is 7.56. The van der Waals surface area contributed by atoms with Gasteiger partial charge in [0, 0.05) is 77.5 Å². The third-order valence-corrected chi connectivity index (χ3v) is 11.2. The Labute approximate surface area is 296 Å². The minimum atomic E-state index is -0.957. The molecule has 1 spiro atoms. The summed E-state index contributed by atoms with van der Waals surface area (Å²) in [4.78, 5) is 21.3. The number of carbonyl (C=O) groups excluding carboxylic acids is 1. The summed E-state index contributed by atoms with van der Waals surface area (Å²) in [6.45, 7) is 20.3. The Kier molecular flexibility index (Phi) is 8.46. The minimum Gasteiger partial charge on any atom is -0.456 e. The van der Waals surface area contributed by atoms with Crippen LogP contribution in [0.5, 0.6) is 11.5 Å². The van der Waals surface area contributed by atoms with Crippen molar-refractivity contribution < 1.29 is 14.7 Å². The van der Waals surface area contributed by atoms with Crippen LogP contribution in [0.1, 0.15) is 107 Å². The summed E-state index contributed by atoms with van der Waals surface area (Å²) in [5.41, 5.74) is 4.26. The molecule has 0 bridgehead atoms. The van der Waals surface area contributed by atoms with Gasteiger partial charge in [-0.2, -0.15) is 0 Å². The second-order valence-corrected chi connectivity index (χ2v) is 15.1. The maximum Gasteiger partial charge on any atom is 0.255 e. The van der Waals surface area contributed by atoms with Crippen LogP contribution in [0.2, 0.25) is 0 Å². The average Bonchev–Trinajstić information content (AvgIpc) is 3.66. The second kappa shape index (κ2) is 12.4. The average molecular weight is 677 g/mol. The molecule has 0 aliphatic carbocycles. The fraction of sp³-hybridized carbons (Fsp3) is 0.475. The van der Waals surface area contributed by atoms with Crippen LogP contribution < -0.4 is 14.5 Å². The van der Waals surface area contributed by atoms with Gasteiger partial charge in [-0.15, -0.1) is 15.4 Å². The molecule has 3 aliphatic rings. The lowest BCUT2D eigenvalue weighted by molar-refractivity contribution is -0.293. The number of nitrogens with zero attached hydrogens (tertiary/aromatic N) is 7. The van der Waals surface area contributed by atoms with Crippen molar-refractivity contribution in [2.45, 2.75) is 97.4 Å². The zero-order chi connectivity index (χ0) is 35.6. The lowest BCUT2D eigenvalue weighted by Gasteiger charge is -2.49. The fourth-order valence-electron chi connectivity index (χ4n) is 8.95. The number of carbonyl (C=O) groups is 1. The Morgan fingerprint density at radius 3 is 1.86 bits per heavy atom. The normalized spacial score (nSPS) is 18.8. The third kappa shape index (κ3) is 5.18. The molecule has 7 rings (SSSR count). The van der Waals surface area contributed by atoms with Gasteiger partial charge in [-0.1, -0.05) is 35.5 Å². The largest absolute Gasteiger partial charge is 0.456 e. The van der Waals surface area contributed by atoms with E-state index in [4.69, 9.17) is 4.74 Å². The molecule has 10 heteroatoms. The van der Waals surface area contributed by atoms with E-state index in [2.05, 4.69) is 90.3 Å². The van der Waals surface area contributed by atoms with Crippen molar-refractivity contribution in [3.63, 3.8) is 0 Å². The van der Waals surface area contributed by atoms with E-state index in [-0.39, 0.29) is 18.5 Å². The molecule has 263 valence electrons. The summed E-state index contributed by atoms with van der Waals surface area (Å²) in [6.07, 6.45) is 3.28. The lowest BCUT2D eigenvalue weighted by Crippen LogP contribution is -2.58. The van der Waals surface area contributed by atoms with Gasteiger partial charge in [0.1, 0.15) is 22.7 Å². The van der Waals surface area contributed by atoms with Crippen molar-refractivity contribution in [3.05, 3.63) is 94.8 Å². The highest BCUT2D eigenvalue weighted by Gasteiger charge is 2.56. The van der Waals surface area contributed by atoms with Gasteiger partial charge < -0.3 is 19.4 Å². The van der Waals surface area contributed by atoms with Crippen molar-refractivity contribution in [1.82, 2.24) is 25.0 Å². The summed E-state index contributed by atoms with van der Waals surface area (Å²) >= 11 is 0. The molecule has 0 unspecified atom stereocenters. The number of amides is 1. The molecular formula is C40H50N7O3. The predicted molar refractivity (Wildman–Crippen MR) is 195 cm³/mol. The molecule has 4 aromatic rings. The number of aromatic nitrogens is 3. The first-order valence-corrected chi connectivity index (χ1v) is 18.2. The van der Waals surface area contributed by atoms with Crippen LogP contribution >= 0.6 is 0 Å². The van der Waals surface area contributed by atoms with E-state index in [0.717, 1.165) is 65.7 Å². The van der Waals surface area contributed by atoms with Crippen molar-refractivity contribution in [1.29, 1.82) is 0 Å². The van der Waals surface area contributed by atoms with E-state index in [0.29, 0.717) is 24.1 Å². The lowest BCUT2D eigenvalue weighted by atomic mass is 9.74. The van der Waals surface area contributed by atoms with Crippen LogP contribution in [-0.2, 0) is 17.3 Å². The number of benzene rings is 3. The van der Waals surface area contributed by atoms with Crippen LogP contribution in [0.4, 0.5) is 11.4 Å². The van der Waals surface area contributed by atoms with Gasteiger partial charge in [-0.3, -0.25) is 4.79 Å². The molecule has 1 radical (unpaired) electrons. The number of hydroxylamine groups is 2. The molecule has 0 saturated carbocycles. The van der Waals surface area contributed by atoms with E-state index in [1.54, 1.807) is 0 Å². The molecule has 1 fully saturated rings. The molecule has 1 saturated heterocycles. The van der Waals surface area contributed by atoms with Crippen molar-refractivity contribution in [2.24, 2.45) is 0 Å². The molecule has 1 amide bonds. The van der Waals surface area contributed by atoms with Gasteiger partial charge in [0.2, 0.25) is 0 Å². The quantitative estimate of drug-likeness (QED) is 0.181. The number of ether oxygens (including phenoxy) is 1. The molecule has 0 N–H and O–H groups in total. The van der Waals surface area contributed by atoms with E-state index in [1.165, 1.54) is 5.06 Å². The molecule has 4 heterocycles. The summed E-state index contributed by atoms with van der Waals surface area (Å²) in [6, 6.07) is 20.8. The van der Waals surface area contributed by atoms with Crippen molar-refractivity contribution in [3.8, 4) is 11.5 Å². The SMILES string of the molecule is CCN(CC)c1ccc2c(c1)Oc1cc(N(CC)CC)ccc1C21c2ccccc2C(=O)N1Cc1cn(C2CC(C)(C)N([O])C(C)(C)C2)nn1. The minimum absolute atomic E-state index is 0.00779. The van der Waals surface area contributed by atoms with Crippen LogP contribution in [0.15, 0.2) is 66.9 Å². The number of anilines is 2. The summed E-state index contributed by atoms with van der Waals surface area (Å²) in [7, 11) is 0. The van der Waals surface area contributed by atoms with Gasteiger partial charge >= 0.3 is 0 Å². The Morgan fingerprint density at radius 1 is 0.780 bits per heavy atom. The monoisotopic (exact) mass is 676 g/mol.